The maximum Gasteiger partial charge on any atom is 0.281 e. The Morgan fingerprint density at radius 1 is 0.697 bits per heavy atom. The summed E-state index contributed by atoms with van der Waals surface area (Å²) in [6.45, 7) is 11.8. The van der Waals surface area contributed by atoms with Crippen LogP contribution in [-0.4, -0.2) is 33.1 Å². The Bertz CT molecular complexity index is 1290. The summed E-state index contributed by atoms with van der Waals surface area (Å²) in [4.78, 5) is 38.9. The topological polar surface area (TPSA) is 95.7 Å². The molecule has 9 heteroatoms. The SMILES string of the molecule is C[Si](C)(C)OC1=C2C(=O)c3c(cccc3[N+](=O)[O-])C(O[Si](C)(C)C)=C2C(=O)c2ccccc21. The average molecular weight is 480 g/mol. The highest BCUT2D eigenvalue weighted by atomic mass is 28.4. The van der Waals surface area contributed by atoms with Gasteiger partial charge < -0.3 is 8.85 Å². The third kappa shape index (κ3) is 3.98. The fourth-order valence-corrected chi connectivity index (χ4v) is 5.66. The monoisotopic (exact) mass is 479 g/mol. The summed E-state index contributed by atoms with van der Waals surface area (Å²) >= 11 is 0. The molecule has 0 fully saturated rings. The number of Topliss-reactive ketones (excluding diaryl/α,β-unsaturated/α-hetero) is 2. The number of allylic oxidation sites excluding steroid dienone is 2. The third-order valence-corrected chi connectivity index (χ3v) is 6.73. The van der Waals surface area contributed by atoms with Crippen LogP contribution < -0.4 is 0 Å². The number of nitrogens with zero attached hydrogens (tertiary/aromatic N) is 1. The molecule has 0 saturated heterocycles. The van der Waals surface area contributed by atoms with E-state index in [1.54, 1.807) is 30.3 Å². The molecule has 33 heavy (non-hydrogen) atoms. The first kappa shape index (κ1) is 22.9. The van der Waals surface area contributed by atoms with E-state index in [1.165, 1.54) is 12.1 Å². The highest BCUT2D eigenvalue weighted by Crippen LogP contribution is 2.47. The second-order valence-corrected chi connectivity index (χ2v) is 18.9. The van der Waals surface area contributed by atoms with Crippen LogP contribution in [0.25, 0.3) is 11.5 Å². The van der Waals surface area contributed by atoms with Gasteiger partial charge in [-0.25, -0.2) is 0 Å². The summed E-state index contributed by atoms with van der Waals surface area (Å²) in [7, 11) is -4.54. The Morgan fingerprint density at radius 3 is 1.73 bits per heavy atom. The van der Waals surface area contributed by atoms with Gasteiger partial charge in [0.05, 0.1) is 16.1 Å². The molecule has 2 aromatic carbocycles. The largest absolute Gasteiger partial charge is 0.543 e. The minimum atomic E-state index is -2.29. The fourth-order valence-electron chi connectivity index (χ4n) is 4.01. The lowest BCUT2D eigenvalue weighted by Gasteiger charge is -2.34. The summed E-state index contributed by atoms with van der Waals surface area (Å²) in [5.74, 6) is -0.419. The van der Waals surface area contributed by atoms with Crippen molar-refractivity contribution in [3.05, 3.63) is 86.0 Å². The molecule has 0 aromatic heterocycles. The summed E-state index contributed by atoms with van der Waals surface area (Å²) < 4.78 is 12.8. The van der Waals surface area contributed by atoms with Crippen molar-refractivity contribution < 1.29 is 23.4 Å². The van der Waals surface area contributed by atoms with Gasteiger partial charge in [-0.05, 0) is 39.3 Å². The molecule has 0 spiro atoms. The zero-order valence-electron chi connectivity index (χ0n) is 19.4. The van der Waals surface area contributed by atoms with Crippen LogP contribution in [0.2, 0.25) is 39.3 Å². The molecule has 2 aromatic rings. The van der Waals surface area contributed by atoms with E-state index < -0.39 is 27.3 Å². The number of fused-ring (bicyclic) bond motifs is 3. The molecule has 2 aliphatic rings. The lowest BCUT2D eigenvalue weighted by Crippen LogP contribution is -2.34. The number of nitro groups is 1. The van der Waals surface area contributed by atoms with Gasteiger partial charge in [0.2, 0.25) is 22.4 Å². The molecule has 7 nitrogen and oxygen atoms in total. The zero-order chi connectivity index (χ0) is 24.3. The molecule has 0 unspecified atom stereocenters. The van der Waals surface area contributed by atoms with E-state index in [1.807, 2.05) is 39.3 Å². The molecule has 0 radical (unpaired) electrons. The second-order valence-electron chi connectivity index (χ2n) is 10.00. The van der Waals surface area contributed by atoms with Crippen LogP contribution in [0.3, 0.4) is 0 Å². The standard InChI is InChI=1S/C24H25NO6Si2/c1-32(2,3)30-23-15-11-8-7-10-14(15)21(26)19-20(23)22(27)18-16(24(19)31-33(4,5)6)12-9-13-17(18)25(28)29/h7-13H,1-6H3. The molecular formula is C24H25NO6Si2. The smallest absolute Gasteiger partial charge is 0.281 e. The minimum Gasteiger partial charge on any atom is -0.543 e. The van der Waals surface area contributed by atoms with Gasteiger partial charge in [-0.1, -0.05) is 36.4 Å². The van der Waals surface area contributed by atoms with E-state index in [-0.39, 0.29) is 39.5 Å². The molecule has 0 heterocycles. The van der Waals surface area contributed by atoms with E-state index in [0.29, 0.717) is 16.9 Å². The van der Waals surface area contributed by atoms with Crippen LogP contribution in [0, 0.1) is 10.1 Å². The first-order valence-electron chi connectivity index (χ1n) is 10.6. The molecular weight excluding hydrogens is 454 g/mol. The molecule has 0 atom stereocenters. The van der Waals surface area contributed by atoms with Crippen molar-refractivity contribution in [2.24, 2.45) is 0 Å². The van der Waals surface area contributed by atoms with Crippen molar-refractivity contribution in [1.29, 1.82) is 0 Å². The molecule has 170 valence electrons. The van der Waals surface area contributed by atoms with Crippen molar-refractivity contribution in [1.82, 2.24) is 0 Å². The number of hydrogen-bond donors (Lipinski definition) is 0. The number of nitro benzene ring substituents is 1. The number of benzene rings is 2. The van der Waals surface area contributed by atoms with Crippen LogP contribution in [0.4, 0.5) is 5.69 Å². The van der Waals surface area contributed by atoms with E-state index in [9.17, 15) is 19.7 Å². The Labute approximate surface area is 194 Å². The molecule has 0 N–H and O–H groups in total. The Morgan fingerprint density at radius 2 is 1.18 bits per heavy atom. The highest BCUT2D eigenvalue weighted by Gasteiger charge is 2.46. The molecule has 0 saturated carbocycles. The maximum absolute atomic E-state index is 13.9. The Kier molecular flexibility index (Phi) is 5.29. The summed E-state index contributed by atoms with van der Waals surface area (Å²) in [5.41, 5.74) is 1.00. The average Bonchev–Trinajstić information content (AvgIpc) is 2.71. The predicted molar refractivity (Wildman–Crippen MR) is 131 cm³/mol. The quantitative estimate of drug-likeness (QED) is 0.305. The number of carbonyl (C=O) groups is 2. The van der Waals surface area contributed by atoms with Gasteiger partial charge in [-0.2, -0.15) is 0 Å². The lowest BCUT2D eigenvalue weighted by molar-refractivity contribution is -0.385. The third-order valence-electron chi connectivity index (χ3n) is 5.10. The van der Waals surface area contributed by atoms with Gasteiger partial charge in [0, 0.05) is 22.8 Å². The second kappa shape index (κ2) is 7.63. The van der Waals surface area contributed by atoms with Crippen molar-refractivity contribution in [3.8, 4) is 0 Å². The molecule has 2 aliphatic carbocycles. The van der Waals surface area contributed by atoms with Crippen LogP contribution in [0.5, 0.6) is 0 Å². The molecule has 4 rings (SSSR count). The van der Waals surface area contributed by atoms with Gasteiger partial charge in [-0.3, -0.25) is 19.7 Å². The molecule has 0 amide bonds. The number of hydrogen-bond acceptors (Lipinski definition) is 6. The fraction of sp³-hybridized carbons (Fsp3) is 0.250. The summed E-state index contributed by atoms with van der Waals surface area (Å²) in [6, 6.07) is 11.4. The van der Waals surface area contributed by atoms with E-state index >= 15 is 0 Å². The van der Waals surface area contributed by atoms with Crippen molar-refractivity contribution in [2.45, 2.75) is 39.3 Å². The van der Waals surface area contributed by atoms with Gasteiger partial charge >= 0.3 is 0 Å². The highest BCUT2D eigenvalue weighted by molar-refractivity contribution is 6.71. The predicted octanol–water partition coefficient (Wildman–Crippen LogP) is 5.81. The van der Waals surface area contributed by atoms with Crippen LogP contribution >= 0.6 is 0 Å². The van der Waals surface area contributed by atoms with Gasteiger partial charge in [0.1, 0.15) is 17.1 Å². The van der Waals surface area contributed by atoms with Gasteiger partial charge in [0.15, 0.2) is 5.78 Å². The number of ketones is 2. The van der Waals surface area contributed by atoms with E-state index in [0.717, 1.165) is 0 Å². The van der Waals surface area contributed by atoms with E-state index in [4.69, 9.17) is 8.85 Å². The van der Waals surface area contributed by atoms with Crippen LogP contribution in [0.1, 0.15) is 31.8 Å². The van der Waals surface area contributed by atoms with Crippen molar-refractivity contribution in [2.75, 3.05) is 0 Å². The summed E-state index contributed by atoms with van der Waals surface area (Å²) in [5, 5.41) is 11.8. The van der Waals surface area contributed by atoms with Gasteiger partial charge in [0.25, 0.3) is 5.69 Å². The van der Waals surface area contributed by atoms with E-state index in [2.05, 4.69) is 0 Å². The normalized spacial score (nSPS) is 15.7. The maximum atomic E-state index is 13.9. The van der Waals surface area contributed by atoms with Crippen LogP contribution in [0.15, 0.2) is 53.6 Å². The zero-order valence-corrected chi connectivity index (χ0v) is 21.4. The first-order chi connectivity index (χ1) is 15.3. The number of carbonyl (C=O) groups excluding carboxylic acids is 2. The van der Waals surface area contributed by atoms with Crippen molar-refractivity contribution >= 4 is 45.4 Å². The first-order valence-corrected chi connectivity index (χ1v) is 17.5. The molecule has 0 aliphatic heterocycles. The lowest BCUT2D eigenvalue weighted by atomic mass is 9.76. The number of rotatable bonds is 5. The Balaban J connectivity index is 2.19. The summed E-state index contributed by atoms with van der Waals surface area (Å²) in [6.07, 6.45) is 0. The molecule has 0 bridgehead atoms. The van der Waals surface area contributed by atoms with Crippen molar-refractivity contribution in [3.63, 3.8) is 0 Å². The minimum absolute atomic E-state index is 0.0520. The van der Waals surface area contributed by atoms with Gasteiger partial charge in [-0.15, -0.1) is 0 Å². The van der Waals surface area contributed by atoms with Crippen LogP contribution in [-0.2, 0) is 8.85 Å². The Hall–Kier alpha value is -3.31.